The van der Waals surface area contributed by atoms with E-state index in [4.69, 9.17) is 4.74 Å². The molecular weight excluding hydrogens is 268 g/mol. The van der Waals surface area contributed by atoms with Gasteiger partial charge in [0.05, 0.1) is 7.11 Å². The molecule has 5 heteroatoms. The number of nitrogens with one attached hydrogen (secondary N) is 2. The van der Waals surface area contributed by atoms with Crippen LogP contribution in [0.15, 0.2) is 24.3 Å². The van der Waals surface area contributed by atoms with E-state index in [0.717, 1.165) is 12.0 Å². The van der Waals surface area contributed by atoms with Crippen LogP contribution < -0.4 is 10.6 Å². The first-order valence-electron chi connectivity index (χ1n) is 7.20. The van der Waals surface area contributed by atoms with Gasteiger partial charge in [-0.25, -0.2) is 9.59 Å². The molecule has 1 aromatic carbocycles. The highest BCUT2D eigenvalue weighted by Crippen LogP contribution is 2.11. The molecule has 0 spiro atoms. The average molecular weight is 292 g/mol. The predicted molar refractivity (Wildman–Crippen MR) is 83.2 cm³/mol. The molecule has 0 aliphatic heterocycles. The Hall–Kier alpha value is -2.04. The third-order valence-electron chi connectivity index (χ3n) is 3.09. The summed E-state index contributed by atoms with van der Waals surface area (Å²) < 4.78 is 4.72. The zero-order valence-electron chi connectivity index (χ0n) is 13.1. The molecule has 0 radical (unpaired) electrons. The lowest BCUT2D eigenvalue weighted by Crippen LogP contribution is -2.44. The van der Waals surface area contributed by atoms with Gasteiger partial charge in [0.1, 0.15) is 6.04 Å². The van der Waals surface area contributed by atoms with Crippen LogP contribution in [-0.2, 0) is 16.0 Å². The van der Waals surface area contributed by atoms with Gasteiger partial charge in [-0.05, 0) is 36.5 Å². The molecule has 0 aromatic heterocycles. The topological polar surface area (TPSA) is 67.4 Å². The van der Waals surface area contributed by atoms with Crippen LogP contribution in [0.4, 0.5) is 10.5 Å². The largest absolute Gasteiger partial charge is 0.467 e. The van der Waals surface area contributed by atoms with E-state index < -0.39 is 18.0 Å². The second-order valence-corrected chi connectivity index (χ2v) is 5.36. The van der Waals surface area contributed by atoms with E-state index in [0.29, 0.717) is 12.1 Å². The van der Waals surface area contributed by atoms with Gasteiger partial charge in [-0.1, -0.05) is 32.9 Å². The first-order valence-corrected chi connectivity index (χ1v) is 7.20. The summed E-state index contributed by atoms with van der Waals surface area (Å²) in [6, 6.07) is 6.58. The molecule has 21 heavy (non-hydrogen) atoms. The predicted octanol–water partition coefficient (Wildman–Crippen LogP) is 2.96. The summed E-state index contributed by atoms with van der Waals surface area (Å²) in [6.07, 6.45) is 1.43. The molecule has 1 rings (SSSR count). The van der Waals surface area contributed by atoms with Crippen molar-refractivity contribution >= 4 is 17.7 Å². The van der Waals surface area contributed by atoms with Gasteiger partial charge in [0.2, 0.25) is 0 Å². The molecule has 116 valence electrons. The molecule has 0 fully saturated rings. The zero-order valence-corrected chi connectivity index (χ0v) is 13.1. The monoisotopic (exact) mass is 292 g/mol. The quantitative estimate of drug-likeness (QED) is 0.792. The van der Waals surface area contributed by atoms with E-state index >= 15 is 0 Å². The summed E-state index contributed by atoms with van der Waals surface area (Å²) in [6.45, 7) is 6.02. The van der Waals surface area contributed by atoms with Crippen LogP contribution in [0.2, 0.25) is 0 Å². The van der Waals surface area contributed by atoms with Gasteiger partial charge < -0.3 is 15.4 Å². The molecule has 1 atom stereocenters. The van der Waals surface area contributed by atoms with Crippen LogP contribution in [0.1, 0.15) is 32.8 Å². The fraction of sp³-hybridized carbons (Fsp3) is 0.500. The number of benzene rings is 1. The van der Waals surface area contributed by atoms with E-state index in [1.165, 1.54) is 7.11 Å². The van der Waals surface area contributed by atoms with Crippen molar-refractivity contribution in [3.8, 4) is 0 Å². The highest BCUT2D eigenvalue weighted by atomic mass is 16.5. The van der Waals surface area contributed by atoms with Gasteiger partial charge in [-0.15, -0.1) is 0 Å². The molecule has 0 aliphatic carbocycles. The maximum absolute atomic E-state index is 12.0. The molecule has 2 N–H and O–H groups in total. The first-order chi connectivity index (χ1) is 9.96. The minimum atomic E-state index is -0.635. The highest BCUT2D eigenvalue weighted by Gasteiger charge is 2.22. The Morgan fingerprint density at radius 2 is 2.00 bits per heavy atom. The van der Waals surface area contributed by atoms with E-state index in [2.05, 4.69) is 17.6 Å². The van der Waals surface area contributed by atoms with Crippen LogP contribution in [0.5, 0.6) is 0 Å². The number of anilines is 1. The number of amides is 2. The fourth-order valence-corrected chi connectivity index (χ4v) is 2.02. The summed E-state index contributed by atoms with van der Waals surface area (Å²) in [5.41, 5.74) is 1.85. The lowest BCUT2D eigenvalue weighted by Gasteiger charge is -2.18. The Morgan fingerprint density at radius 1 is 1.29 bits per heavy atom. The number of rotatable bonds is 6. The Morgan fingerprint density at radius 3 is 2.57 bits per heavy atom. The maximum atomic E-state index is 12.0. The van der Waals surface area contributed by atoms with Crippen LogP contribution in [0.25, 0.3) is 0 Å². The minimum absolute atomic E-state index is 0.276. The van der Waals surface area contributed by atoms with Gasteiger partial charge in [0.25, 0.3) is 0 Å². The van der Waals surface area contributed by atoms with E-state index in [1.54, 1.807) is 0 Å². The van der Waals surface area contributed by atoms with Crippen molar-refractivity contribution in [2.24, 2.45) is 5.92 Å². The number of carbonyl (C=O) groups excluding carboxylic acids is 2. The van der Waals surface area contributed by atoms with Gasteiger partial charge >= 0.3 is 12.0 Å². The number of ether oxygens (including phenoxy) is 1. The summed E-state index contributed by atoms with van der Waals surface area (Å²) in [5, 5.41) is 5.40. The number of esters is 1. The minimum Gasteiger partial charge on any atom is -0.467 e. The Labute approximate surface area is 126 Å². The lowest BCUT2D eigenvalue weighted by atomic mass is 10.0. The number of carbonyl (C=O) groups is 2. The summed E-state index contributed by atoms with van der Waals surface area (Å²) in [7, 11) is 1.32. The van der Waals surface area contributed by atoms with Gasteiger partial charge in [0.15, 0.2) is 0 Å². The fourth-order valence-electron chi connectivity index (χ4n) is 2.02. The Bertz CT molecular complexity index is 486. The molecule has 1 unspecified atom stereocenters. The van der Waals surface area contributed by atoms with Crippen molar-refractivity contribution in [1.82, 2.24) is 5.32 Å². The maximum Gasteiger partial charge on any atom is 0.328 e. The first kappa shape index (κ1) is 17.0. The van der Waals surface area contributed by atoms with E-state index in [9.17, 15) is 9.59 Å². The smallest absolute Gasteiger partial charge is 0.328 e. The number of methoxy groups -OCH3 is 1. The van der Waals surface area contributed by atoms with Crippen molar-refractivity contribution in [2.75, 3.05) is 12.4 Å². The summed E-state index contributed by atoms with van der Waals surface area (Å²) >= 11 is 0. The standard InChI is InChI=1S/C16H24N2O3/c1-5-12-7-6-8-13(10-12)17-16(20)18-14(9-11(2)3)15(19)21-4/h6-8,10-11,14H,5,9H2,1-4H3,(H2,17,18,20). The van der Waals surface area contributed by atoms with Crippen molar-refractivity contribution in [3.05, 3.63) is 29.8 Å². The molecule has 2 amide bonds. The average Bonchev–Trinajstić information content (AvgIpc) is 2.45. The molecule has 0 saturated carbocycles. The zero-order chi connectivity index (χ0) is 15.8. The van der Waals surface area contributed by atoms with Crippen LogP contribution in [-0.4, -0.2) is 25.2 Å². The van der Waals surface area contributed by atoms with Crippen molar-refractivity contribution in [3.63, 3.8) is 0 Å². The molecule has 0 saturated heterocycles. The van der Waals surface area contributed by atoms with Gasteiger partial charge in [0, 0.05) is 5.69 Å². The SMILES string of the molecule is CCc1cccc(NC(=O)NC(CC(C)C)C(=O)OC)c1. The number of urea groups is 1. The molecular formula is C16H24N2O3. The lowest BCUT2D eigenvalue weighted by molar-refractivity contribution is -0.143. The van der Waals surface area contributed by atoms with Gasteiger partial charge in [-0.3, -0.25) is 0 Å². The number of aryl methyl sites for hydroxylation is 1. The number of hydrogen-bond donors (Lipinski definition) is 2. The van der Waals surface area contributed by atoms with Crippen molar-refractivity contribution < 1.29 is 14.3 Å². The van der Waals surface area contributed by atoms with E-state index in [-0.39, 0.29) is 5.92 Å². The van der Waals surface area contributed by atoms with Crippen LogP contribution in [0, 0.1) is 5.92 Å². The third-order valence-corrected chi connectivity index (χ3v) is 3.09. The molecule has 0 aliphatic rings. The number of hydrogen-bond acceptors (Lipinski definition) is 3. The van der Waals surface area contributed by atoms with Crippen LogP contribution in [0.3, 0.4) is 0 Å². The third kappa shape index (κ3) is 5.85. The van der Waals surface area contributed by atoms with Crippen LogP contribution >= 0.6 is 0 Å². The molecule has 1 aromatic rings. The Kier molecular flexibility index (Phi) is 6.72. The van der Waals surface area contributed by atoms with E-state index in [1.807, 2.05) is 38.1 Å². The molecule has 0 heterocycles. The second kappa shape index (κ2) is 8.29. The second-order valence-electron chi connectivity index (χ2n) is 5.36. The molecule has 5 nitrogen and oxygen atoms in total. The summed E-state index contributed by atoms with van der Waals surface area (Å²) in [5.74, 6) is -0.154. The normalized spacial score (nSPS) is 11.9. The van der Waals surface area contributed by atoms with Crippen molar-refractivity contribution in [1.29, 1.82) is 0 Å². The highest BCUT2D eigenvalue weighted by molar-refractivity contribution is 5.92. The van der Waals surface area contributed by atoms with Gasteiger partial charge in [-0.2, -0.15) is 0 Å². The van der Waals surface area contributed by atoms with Crippen molar-refractivity contribution in [2.45, 2.75) is 39.7 Å². The molecule has 0 bridgehead atoms. The summed E-state index contributed by atoms with van der Waals surface area (Å²) in [4.78, 5) is 23.7. The Balaban J connectivity index is 2.66.